The highest BCUT2D eigenvalue weighted by molar-refractivity contribution is 7.89. The molecule has 0 aliphatic carbocycles. The van der Waals surface area contributed by atoms with Gasteiger partial charge in [-0.1, -0.05) is 36.4 Å². The van der Waals surface area contributed by atoms with Gasteiger partial charge in [0.2, 0.25) is 10.0 Å². The minimum atomic E-state index is -3.52. The molecule has 30 heavy (non-hydrogen) atoms. The first-order chi connectivity index (χ1) is 14.0. The summed E-state index contributed by atoms with van der Waals surface area (Å²) in [6.07, 6.45) is 0. The van der Waals surface area contributed by atoms with Crippen molar-refractivity contribution in [2.45, 2.75) is 44.4 Å². The molecular formula is C22H32N4O3S. The number of guanidine groups is 1. The Morgan fingerprint density at radius 2 is 1.50 bits per heavy atom. The van der Waals surface area contributed by atoms with E-state index in [4.69, 9.17) is 4.74 Å². The summed E-state index contributed by atoms with van der Waals surface area (Å²) in [5, 5.41) is 6.45. The largest absolute Gasteiger partial charge is 0.488 e. The number of sulfonamides is 1. The number of rotatable bonds is 7. The zero-order chi connectivity index (χ0) is 22.4. The standard InChI is InChI=1S/C22H32N4O3S/c1-22(2,3)29-19-13-9-7-11-17(19)15-24-21(23-4)25-16-18-12-8-10-14-20(18)30(27,28)26(5)6/h7-14H,15-16H2,1-6H3,(H2,23,24,25). The highest BCUT2D eigenvalue weighted by atomic mass is 32.2. The van der Waals surface area contributed by atoms with Gasteiger partial charge in [-0.25, -0.2) is 12.7 Å². The number of nitrogens with one attached hydrogen (secondary N) is 2. The quantitative estimate of drug-likeness (QED) is 0.519. The fourth-order valence-corrected chi connectivity index (χ4v) is 3.87. The topological polar surface area (TPSA) is 83.0 Å². The minimum absolute atomic E-state index is 0.280. The normalized spacial score (nSPS) is 12.7. The summed E-state index contributed by atoms with van der Waals surface area (Å²) in [5.74, 6) is 1.38. The molecule has 0 aliphatic rings. The lowest BCUT2D eigenvalue weighted by Gasteiger charge is -2.23. The lowest BCUT2D eigenvalue weighted by atomic mass is 10.1. The molecule has 0 bridgehead atoms. The molecule has 0 aromatic heterocycles. The molecule has 0 atom stereocenters. The number of nitrogens with zero attached hydrogens (tertiary/aromatic N) is 2. The first-order valence-corrected chi connectivity index (χ1v) is 11.2. The molecular weight excluding hydrogens is 400 g/mol. The Labute approximate surface area is 180 Å². The van der Waals surface area contributed by atoms with Crippen molar-refractivity contribution in [1.29, 1.82) is 0 Å². The molecule has 0 fully saturated rings. The van der Waals surface area contributed by atoms with E-state index in [1.165, 1.54) is 18.4 Å². The summed E-state index contributed by atoms with van der Waals surface area (Å²) in [4.78, 5) is 4.52. The van der Waals surface area contributed by atoms with Crippen molar-refractivity contribution < 1.29 is 13.2 Å². The van der Waals surface area contributed by atoms with Crippen LogP contribution in [0, 0.1) is 0 Å². The minimum Gasteiger partial charge on any atom is -0.488 e. The van der Waals surface area contributed by atoms with Gasteiger partial charge >= 0.3 is 0 Å². The highest BCUT2D eigenvalue weighted by Gasteiger charge is 2.20. The molecule has 7 nitrogen and oxygen atoms in total. The Hall–Kier alpha value is -2.58. The van der Waals surface area contributed by atoms with E-state index in [0.717, 1.165) is 11.3 Å². The summed E-state index contributed by atoms with van der Waals surface area (Å²) < 4.78 is 32.4. The second-order valence-electron chi connectivity index (χ2n) is 8.00. The second-order valence-corrected chi connectivity index (χ2v) is 10.1. The van der Waals surface area contributed by atoms with Crippen LogP contribution in [-0.4, -0.2) is 45.4 Å². The van der Waals surface area contributed by atoms with Crippen LogP contribution in [-0.2, 0) is 23.1 Å². The van der Waals surface area contributed by atoms with Crippen molar-refractivity contribution in [2.75, 3.05) is 21.1 Å². The molecule has 0 amide bonds. The summed E-state index contributed by atoms with van der Waals surface area (Å²) >= 11 is 0. The van der Waals surface area contributed by atoms with Gasteiger partial charge in [0.25, 0.3) is 0 Å². The van der Waals surface area contributed by atoms with Crippen LogP contribution in [0.4, 0.5) is 0 Å². The summed E-state index contributed by atoms with van der Waals surface area (Å²) in [7, 11) is 1.20. The van der Waals surface area contributed by atoms with E-state index in [-0.39, 0.29) is 10.5 Å². The highest BCUT2D eigenvalue weighted by Crippen LogP contribution is 2.23. The predicted molar refractivity (Wildman–Crippen MR) is 121 cm³/mol. The van der Waals surface area contributed by atoms with Crippen molar-refractivity contribution in [1.82, 2.24) is 14.9 Å². The monoisotopic (exact) mass is 432 g/mol. The van der Waals surface area contributed by atoms with Crippen LogP contribution >= 0.6 is 0 Å². The van der Waals surface area contributed by atoms with Gasteiger partial charge in [0.15, 0.2) is 5.96 Å². The van der Waals surface area contributed by atoms with Crippen LogP contribution in [0.25, 0.3) is 0 Å². The molecule has 2 N–H and O–H groups in total. The Morgan fingerprint density at radius 1 is 0.967 bits per heavy atom. The van der Waals surface area contributed by atoms with Crippen molar-refractivity contribution in [3.63, 3.8) is 0 Å². The van der Waals surface area contributed by atoms with E-state index < -0.39 is 10.0 Å². The summed E-state index contributed by atoms with van der Waals surface area (Å²) in [6, 6.07) is 14.8. The fraction of sp³-hybridized carbons (Fsp3) is 0.409. The molecule has 2 aromatic rings. The SMILES string of the molecule is CN=C(NCc1ccccc1OC(C)(C)C)NCc1ccccc1S(=O)(=O)N(C)C. The van der Waals surface area contributed by atoms with Gasteiger partial charge in [-0.05, 0) is 38.5 Å². The van der Waals surface area contributed by atoms with Gasteiger partial charge in [-0.3, -0.25) is 4.99 Å². The maximum absolute atomic E-state index is 12.6. The molecule has 0 heterocycles. The molecule has 0 unspecified atom stereocenters. The lowest BCUT2D eigenvalue weighted by molar-refractivity contribution is 0.129. The maximum Gasteiger partial charge on any atom is 0.242 e. The third-order valence-corrected chi connectivity index (χ3v) is 6.15. The van der Waals surface area contributed by atoms with Gasteiger partial charge in [0.1, 0.15) is 11.4 Å². The molecule has 0 radical (unpaired) electrons. The van der Waals surface area contributed by atoms with Crippen molar-refractivity contribution in [3.8, 4) is 5.75 Å². The molecule has 0 saturated heterocycles. The molecule has 0 aliphatic heterocycles. The van der Waals surface area contributed by atoms with Gasteiger partial charge in [0, 0.05) is 39.8 Å². The van der Waals surface area contributed by atoms with Crippen LogP contribution in [0.15, 0.2) is 58.4 Å². The Bertz CT molecular complexity index is 980. The van der Waals surface area contributed by atoms with Gasteiger partial charge < -0.3 is 15.4 Å². The summed E-state index contributed by atoms with van der Waals surface area (Å²) in [5.41, 5.74) is 1.38. The number of hydrogen-bond acceptors (Lipinski definition) is 4. The van der Waals surface area contributed by atoms with Crippen LogP contribution in [0.2, 0.25) is 0 Å². The Balaban J connectivity index is 2.08. The molecule has 164 valence electrons. The second kappa shape index (κ2) is 9.95. The first-order valence-electron chi connectivity index (χ1n) is 9.76. The Kier molecular flexibility index (Phi) is 7.86. The van der Waals surface area contributed by atoms with Crippen molar-refractivity contribution in [3.05, 3.63) is 59.7 Å². The smallest absolute Gasteiger partial charge is 0.242 e. The fourth-order valence-electron chi connectivity index (χ4n) is 2.76. The molecule has 2 aromatic carbocycles. The molecule has 0 saturated carbocycles. The maximum atomic E-state index is 12.6. The third-order valence-electron chi connectivity index (χ3n) is 4.24. The third kappa shape index (κ3) is 6.47. The van der Waals surface area contributed by atoms with Gasteiger partial charge in [0.05, 0.1) is 4.90 Å². The predicted octanol–water partition coefficient (Wildman–Crippen LogP) is 2.98. The number of benzene rings is 2. The van der Waals surface area contributed by atoms with Crippen LogP contribution in [0.1, 0.15) is 31.9 Å². The van der Waals surface area contributed by atoms with Crippen LogP contribution in [0.3, 0.4) is 0 Å². The molecule has 8 heteroatoms. The summed E-state index contributed by atoms with van der Waals surface area (Å²) in [6.45, 7) is 6.87. The van der Waals surface area contributed by atoms with E-state index in [1.54, 1.807) is 25.2 Å². The number of ether oxygens (including phenoxy) is 1. The lowest BCUT2D eigenvalue weighted by Crippen LogP contribution is -2.37. The zero-order valence-corrected chi connectivity index (χ0v) is 19.4. The zero-order valence-electron chi connectivity index (χ0n) is 18.6. The van der Waals surface area contributed by atoms with Gasteiger partial charge in [-0.15, -0.1) is 0 Å². The first kappa shape index (κ1) is 23.7. The van der Waals surface area contributed by atoms with E-state index in [2.05, 4.69) is 15.6 Å². The van der Waals surface area contributed by atoms with Crippen LogP contribution in [0.5, 0.6) is 5.75 Å². The number of para-hydroxylation sites is 1. The van der Waals surface area contributed by atoms with E-state index in [1.807, 2.05) is 51.1 Å². The molecule has 2 rings (SSSR count). The van der Waals surface area contributed by atoms with E-state index in [0.29, 0.717) is 24.6 Å². The number of aliphatic imine (C=N–C) groups is 1. The molecule has 0 spiro atoms. The number of hydrogen-bond donors (Lipinski definition) is 2. The van der Waals surface area contributed by atoms with Crippen molar-refractivity contribution >= 4 is 16.0 Å². The Morgan fingerprint density at radius 3 is 2.07 bits per heavy atom. The van der Waals surface area contributed by atoms with Crippen molar-refractivity contribution in [2.24, 2.45) is 4.99 Å². The van der Waals surface area contributed by atoms with Crippen LogP contribution < -0.4 is 15.4 Å². The average molecular weight is 433 g/mol. The van der Waals surface area contributed by atoms with Gasteiger partial charge in [-0.2, -0.15) is 0 Å². The van der Waals surface area contributed by atoms with E-state index >= 15 is 0 Å². The average Bonchev–Trinajstić information content (AvgIpc) is 2.68. The van der Waals surface area contributed by atoms with E-state index in [9.17, 15) is 8.42 Å².